The highest BCUT2D eigenvalue weighted by Gasteiger charge is 2.29. The van der Waals surface area contributed by atoms with Crippen LogP contribution in [0.25, 0.3) is 0 Å². The van der Waals surface area contributed by atoms with Crippen molar-refractivity contribution in [2.24, 2.45) is 0 Å². The summed E-state index contributed by atoms with van der Waals surface area (Å²) in [7, 11) is 0. The molecule has 0 bridgehead atoms. The van der Waals surface area contributed by atoms with E-state index in [1.54, 1.807) is 4.90 Å². The number of aliphatic carboxylic acids is 1. The van der Waals surface area contributed by atoms with E-state index in [0.29, 0.717) is 18.0 Å². The first-order valence-corrected chi connectivity index (χ1v) is 7.07. The van der Waals surface area contributed by atoms with Gasteiger partial charge in [-0.3, -0.25) is 14.5 Å². The summed E-state index contributed by atoms with van der Waals surface area (Å²) >= 11 is 5.75. The molecule has 1 aliphatic rings. The van der Waals surface area contributed by atoms with Gasteiger partial charge in [0, 0.05) is 5.02 Å². The lowest BCUT2D eigenvalue weighted by Crippen LogP contribution is -2.47. The van der Waals surface area contributed by atoms with Crippen LogP contribution in [0.5, 0.6) is 0 Å². The predicted octanol–water partition coefficient (Wildman–Crippen LogP) is 2.78. The zero-order valence-corrected chi connectivity index (χ0v) is 13.3. The molecule has 1 unspecified atom stereocenters. The van der Waals surface area contributed by atoms with Gasteiger partial charge in [-0.05, 0) is 37.6 Å². The molecular weight excluding hydrogens is 334 g/mol. The first-order chi connectivity index (χ1) is 9.97. The second kappa shape index (κ2) is 8.31. The number of halogens is 3. The Morgan fingerprint density at radius 2 is 2.14 bits per heavy atom. The second-order valence-corrected chi connectivity index (χ2v) is 5.43. The topological polar surface area (TPSA) is 69.6 Å². The molecule has 8 heteroatoms. The molecule has 1 fully saturated rings. The molecule has 1 atom stereocenters. The number of nitrogens with one attached hydrogen (secondary N) is 1. The maximum atomic E-state index is 13.5. The highest BCUT2D eigenvalue weighted by molar-refractivity contribution is 6.30. The summed E-state index contributed by atoms with van der Waals surface area (Å²) in [6.07, 6.45) is 2.20. The average molecular weight is 351 g/mol. The maximum absolute atomic E-state index is 13.5. The lowest BCUT2D eigenvalue weighted by atomic mass is 10.0. The molecule has 1 aromatic carbocycles. The van der Waals surface area contributed by atoms with Gasteiger partial charge in [0.05, 0.1) is 12.2 Å². The highest BCUT2D eigenvalue weighted by Crippen LogP contribution is 2.20. The van der Waals surface area contributed by atoms with Crippen molar-refractivity contribution in [1.29, 1.82) is 0 Å². The quantitative estimate of drug-likeness (QED) is 0.875. The number of carboxylic acids is 1. The third-order valence-corrected chi connectivity index (χ3v) is 3.68. The molecule has 1 saturated heterocycles. The van der Waals surface area contributed by atoms with E-state index in [2.05, 4.69) is 5.32 Å². The number of hydrogen-bond acceptors (Lipinski definition) is 3. The van der Waals surface area contributed by atoms with Gasteiger partial charge in [0.15, 0.2) is 0 Å². The molecule has 2 rings (SSSR count). The molecule has 0 saturated carbocycles. The van der Waals surface area contributed by atoms with Crippen LogP contribution >= 0.6 is 24.0 Å². The van der Waals surface area contributed by atoms with Gasteiger partial charge in [0.1, 0.15) is 11.9 Å². The fourth-order valence-corrected chi connectivity index (χ4v) is 2.60. The molecule has 1 heterocycles. The van der Waals surface area contributed by atoms with Crippen molar-refractivity contribution in [2.45, 2.75) is 25.3 Å². The average Bonchev–Trinajstić information content (AvgIpc) is 2.43. The van der Waals surface area contributed by atoms with Gasteiger partial charge in [-0.15, -0.1) is 12.4 Å². The van der Waals surface area contributed by atoms with Crippen molar-refractivity contribution < 1.29 is 19.1 Å². The summed E-state index contributed by atoms with van der Waals surface area (Å²) in [5.74, 6) is -1.97. The molecule has 0 aliphatic carbocycles. The molecule has 5 nitrogen and oxygen atoms in total. The third kappa shape index (κ3) is 4.83. The van der Waals surface area contributed by atoms with Crippen molar-refractivity contribution in [3.63, 3.8) is 0 Å². The Balaban J connectivity index is 0.00000242. The number of carboxylic acid groups (broad SMARTS) is 1. The van der Waals surface area contributed by atoms with Crippen LogP contribution in [0.1, 0.15) is 19.3 Å². The van der Waals surface area contributed by atoms with E-state index >= 15 is 0 Å². The van der Waals surface area contributed by atoms with E-state index in [1.165, 1.54) is 18.2 Å². The van der Waals surface area contributed by atoms with Gasteiger partial charge in [-0.1, -0.05) is 18.0 Å². The Labute approximate surface area is 138 Å². The van der Waals surface area contributed by atoms with Gasteiger partial charge in [-0.2, -0.15) is 0 Å². The minimum atomic E-state index is -0.934. The molecule has 0 aromatic heterocycles. The van der Waals surface area contributed by atoms with Gasteiger partial charge >= 0.3 is 5.97 Å². The summed E-state index contributed by atoms with van der Waals surface area (Å²) in [6, 6.07) is 3.21. The van der Waals surface area contributed by atoms with Crippen molar-refractivity contribution >= 4 is 41.6 Å². The second-order valence-electron chi connectivity index (χ2n) is 4.99. The lowest BCUT2D eigenvalue weighted by Gasteiger charge is -2.32. The zero-order chi connectivity index (χ0) is 15.4. The molecular formula is C14H17Cl2FN2O3. The molecule has 1 amide bonds. The smallest absolute Gasteiger partial charge is 0.320 e. The number of likely N-dealkylation sites (tertiary alicyclic amines) is 1. The summed E-state index contributed by atoms with van der Waals surface area (Å²) in [5.41, 5.74) is -0.00335. The number of rotatable bonds is 4. The van der Waals surface area contributed by atoms with Crippen LogP contribution in [-0.4, -0.2) is 41.0 Å². The SMILES string of the molecule is Cl.O=C(CN1CCCCC1C(=O)O)Nc1cc(Cl)ccc1F. The van der Waals surface area contributed by atoms with Gasteiger partial charge in [-0.25, -0.2) is 4.39 Å². The van der Waals surface area contributed by atoms with Crippen LogP contribution in [0.2, 0.25) is 5.02 Å². The number of piperidine rings is 1. The van der Waals surface area contributed by atoms with Gasteiger partial charge in [0.2, 0.25) is 5.91 Å². The molecule has 122 valence electrons. The number of carbonyl (C=O) groups is 2. The Hall–Kier alpha value is -1.37. The van der Waals surface area contributed by atoms with E-state index in [1.807, 2.05) is 0 Å². The Morgan fingerprint density at radius 3 is 2.82 bits per heavy atom. The normalized spacial score (nSPS) is 18.4. The number of hydrogen-bond donors (Lipinski definition) is 2. The maximum Gasteiger partial charge on any atom is 0.320 e. The van der Waals surface area contributed by atoms with Crippen LogP contribution in [0.3, 0.4) is 0 Å². The number of amides is 1. The van der Waals surface area contributed by atoms with Crippen molar-refractivity contribution in [2.75, 3.05) is 18.4 Å². The molecule has 0 radical (unpaired) electrons. The molecule has 0 spiro atoms. The number of benzene rings is 1. The Morgan fingerprint density at radius 1 is 1.41 bits per heavy atom. The fourth-order valence-electron chi connectivity index (χ4n) is 2.43. The van der Waals surface area contributed by atoms with Crippen LogP contribution in [0.15, 0.2) is 18.2 Å². The van der Waals surface area contributed by atoms with Crippen molar-refractivity contribution in [3.8, 4) is 0 Å². The summed E-state index contributed by atoms with van der Waals surface area (Å²) in [5, 5.41) is 11.9. The van der Waals surface area contributed by atoms with Gasteiger partial charge in [0.25, 0.3) is 0 Å². The number of nitrogens with zero attached hydrogens (tertiary/aromatic N) is 1. The largest absolute Gasteiger partial charge is 0.480 e. The summed E-state index contributed by atoms with van der Waals surface area (Å²) < 4.78 is 13.5. The minimum absolute atomic E-state index is 0. The third-order valence-electron chi connectivity index (χ3n) is 3.45. The fraction of sp³-hybridized carbons (Fsp3) is 0.429. The minimum Gasteiger partial charge on any atom is -0.480 e. The first-order valence-electron chi connectivity index (χ1n) is 6.69. The Bertz CT molecular complexity index is 557. The van der Waals surface area contributed by atoms with Crippen molar-refractivity contribution in [1.82, 2.24) is 4.90 Å². The van der Waals surface area contributed by atoms with Crippen LogP contribution in [0, 0.1) is 5.82 Å². The van der Waals surface area contributed by atoms with Crippen LogP contribution in [0.4, 0.5) is 10.1 Å². The highest BCUT2D eigenvalue weighted by atomic mass is 35.5. The van der Waals surface area contributed by atoms with E-state index in [-0.39, 0.29) is 24.6 Å². The molecule has 22 heavy (non-hydrogen) atoms. The Kier molecular flexibility index (Phi) is 7.06. The van der Waals surface area contributed by atoms with Crippen LogP contribution < -0.4 is 5.32 Å². The predicted molar refractivity (Wildman–Crippen MR) is 84.1 cm³/mol. The monoisotopic (exact) mass is 350 g/mol. The van der Waals surface area contributed by atoms with Crippen LogP contribution in [-0.2, 0) is 9.59 Å². The number of carbonyl (C=O) groups excluding carboxylic acids is 1. The number of anilines is 1. The summed E-state index contributed by atoms with van der Waals surface area (Å²) in [6.45, 7) is 0.464. The first kappa shape index (κ1) is 18.7. The molecule has 1 aromatic rings. The van der Waals surface area contributed by atoms with E-state index in [0.717, 1.165) is 12.8 Å². The molecule has 2 N–H and O–H groups in total. The van der Waals surface area contributed by atoms with Crippen molar-refractivity contribution in [3.05, 3.63) is 29.0 Å². The van der Waals surface area contributed by atoms with Gasteiger partial charge < -0.3 is 10.4 Å². The standard InChI is InChI=1S/C14H16ClFN2O3.ClH/c15-9-4-5-10(16)11(7-9)17-13(19)8-18-6-2-1-3-12(18)14(20)21;/h4-5,7,12H,1-3,6,8H2,(H,17,19)(H,20,21);1H. The van der Waals surface area contributed by atoms with E-state index in [4.69, 9.17) is 16.7 Å². The van der Waals surface area contributed by atoms with E-state index in [9.17, 15) is 14.0 Å². The van der Waals surface area contributed by atoms with E-state index < -0.39 is 23.7 Å². The lowest BCUT2D eigenvalue weighted by molar-refractivity contribution is -0.145. The molecule has 1 aliphatic heterocycles. The zero-order valence-electron chi connectivity index (χ0n) is 11.7. The summed E-state index contributed by atoms with van der Waals surface area (Å²) in [4.78, 5) is 24.7.